The van der Waals surface area contributed by atoms with Crippen LogP contribution in [0.25, 0.3) is 0 Å². The molecule has 198 valence electrons. The fourth-order valence-electron chi connectivity index (χ4n) is 6.20. The maximum absolute atomic E-state index is 13.9. The summed E-state index contributed by atoms with van der Waals surface area (Å²) in [7, 11) is 1.73. The molecule has 0 aliphatic heterocycles. The third-order valence-electron chi connectivity index (χ3n) is 8.40. The van der Waals surface area contributed by atoms with Crippen LogP contribution < -0.4 is 9.64 Å². The van der Waals surface area contributed by atoms with E-state index < -0.39 is 0 Å². The van der Waals surface area contributed by atoms with Crippen molar-refractivity contribution in [1.82, 2.24) is 10.2 Å². The van der Waals surface area contributed by atoms with Crippen molar-refractivity contribution in [1.29, 1.82) is 0 Å². The molecule has 0 saturated heterocycles. The van der Waals surface area contributed by atoms with Crippen molar-refractivity contribution < 1.29 is 9.53 Å². The standard InChI is InChI=1S/C33H39N3O2/c1-24-21-29(16-18-32(24)38-2)27-14-11-26(12-15-27)23-36(33(37)28-8-4-3-5-9-28)31-10-6-7-25(22-31)13-17-30-19-20-34-35-30/h6-7,10,16,18-22,26-28H,3-5,8-9,11-12,14-15,23H2,1-2H3,(H,34,35). The van der Waals surface area contributed by atoms with Gasteiger partial charge < -0.3 is 9.64 Å². The second-order valence-corrected chi connectivity index (χ2v) is 11.0. The number of aryl methyl sites for hydroxylation is 1. The molecule has 5 nitrogen and oxygen atoms in total. The number of anilines is 1. The number of methoxy groups -OCH3 is 1. The van der Waals surface area contributed by atoms with E-state index in [-0.39, 0.29) is 5.92 Å². The Kier molecular flexibility index (Phi) is 8.48. The molecule has 38 heavy (non-hydrogen) atoms. The van der Waals surface area contributed by atoms with Crippen LogP contribution in [0.3, 0.4) is 0 Å². The molecule has 2 fully saturated rings. The van der Waals surface area contributed by atoms with Gasteiger partial charge in [-0.3, -0.25) is 9.89 Å². The van der Waals surface area contributed by atoms with E-state index >= 15 is 0 Å². The van der Waals surface area contributed by atoms with E-state index in [9.17, 15) is 4.79 Å². The van der Waals surface area contributed by atoms with E-state index in [0.717, 1.165) is 80.6 Å². The summed E-state index contributed by atoms with van der Waals surface area (Å²) in [6.45, 7) is 2.91. The summed E-state index contributed by atoms with van der Waals surface area (Å²) in [5.41, 5.74) is 5.30. The summed E-state index contributed by atoms with van der Waals surface area (Å²) in [6.07, 6.45) is 11.9. The van der Waals surface area contributed by atoms with Crippen LogP contribution in [0, 0.1) is 30.6 Å². The van der Waals surface area contributed by atoms with E-state index in [0.29, 0.717) is 17.7 Å². The number of aromatic amines is 1. The van der Waals surface area contributed by atoms with E-state index in [1.807, 2.05) is 18.2 Å². The minimum Gasteiger partial charge on any atom is -0.496 e. The summed E-state index contributed by atoms with van der Waals surface area (Å²) in [5, 5.41) is 6.86. The van der Waals surface area contributed by atoms with Crippen molar-refractivity contribution in [2.75, 3.05) is 18.6 Å². The Bertz CT molecular complexity index is 1270. The molecule has 5 heteroatoms. The van der Waals surface area contributed by atoms with E-state index in [1.165, 1.54) is 17.5 Å². The lowest BCUT2D eigenvalue weighted by atomic mass is 9.78. The summed E-state index contributed by atoms with van der Waals surface area (Å²) in [5.74, 6) is 8.86. The highest BCUT2D eigenvalue weighted by molar-refractivity contribution is 5.95. The van der Waals surface area contributed by atoms with Crippen LogP contribution in [-0.4, -0.2) is 29.8 Å². The Balaban J connectivity index is 1.31. The average molecular weight is 510 g/mol. The van der Waals surface area contributed by atoms with Crippen LogP contribution in [0.4, 0.5) is 5.69 Å². The molecule has 0 spiro atoms. The Labute approximate surface area is 227 Å². The highest BCUT2D eigenvalue weighted by Gasteiger charge is 2.31. The molecule has 5 rings (SSSR count). The lowest BCUT2D eigenvalue weighted by Crippen LogP contribution is -2.41. The first kappa shape index (κ1) is 26.1. The fourth-order valence-corrected chi connectivity index (χ4v) is 6.20. The maximum Gasteiger partial charge on any atom is 0.230 e. The summed E-state index contributed by atoms with van der Waals surface area (Å²) in [6, 6.07) is 16.7. The zero-order valence-electron chi connectivity index (χ0n) is 22.7. The number of carbonyl (C=O) groups is 1. The highest BCUT2D eigenvalue weighted by Crippen LogP contribution is 2.38. The van der Waals surface area contributed by atoms with Gasteiger partial charge >= 0.3 is 0 Å². The molecule has 2 saturated carbocycles. The van der Waals surface area contributed by atoms with Gasteiger partial charge in [-0.2, -0.15) is 5.10 Å². The van der Waals surface area contributed by atoms with Crippen LogP contribution in [-0.2, 0) is 4.79 Å². The van der Waals surface area contributed by atoms with Gasteiger partial charge in [0.05, 0.1) is 7.11 Å². The minimum atomic E-state index is 0.141. The van der Waals surface area contributed by atoms with Gasteiger partial charge in [-0.1, -0.05) is 43.4 Å². The van der Waals surface area contributed by atoms with Gasteiger partial charge in [-0.25, -0.2) is 0 Å². The summed E-state index contributed by atoms with van der Waals surface area (Å²) in [4.78, 5) is 16.0. The van der Waals surface area contributed by atoms with Gasteiger partial charge in [0.15, 0.2) is 0 Å². The molecule has 2 aliphatic carbocycles. The molecule has 1 amide bonds. The largest absolute Gasteiger partial charge is 0.496 e. The molecule has 3 aromatic rings. The van der Waals surface area contributed by atoms with Gasteiger partial charge in [0.25, 0.3) is 0 Å². The molecule has 2 aromatic carbocycles. The van der Waals surface area contributed by atoms with Crippen LogP contribution in [0.1, 0.15) is 86.1 Å². The maximum atomic E-state index is 13.9. The number of benzene rings is 2. The number of hydrogen-bond donors (Lipinski definition) is 1. The molecule has 1 N–H and O–H groups in total. The van der Waals surface area contributed by atoms with Gasteiger partial charge in [0, 0.05) is 29.9 Å². The Morgan fingerprint density at radius 1 is 1.00 bits per heavy atom. The SMILES string of the molecule is COc1ccc(C2CCC(CN(C(=O)C3CCCCC3)c3cccc(C#Cc4ccn[nH]4)c3)CC2)cc1C. The topological polar surface area (TPSA) is 58.2 Å². The van der Waals surface area contributed by atoms with Crippen LogP contribution >= 0.6 is 0 Å². The second kappa shape index (κ2) is 12.3. The van der Waals surface area contributed by atoms with Crippen LogP contribution in [0.15, 0.2) is 54.7 Å². The third-order valence-corrected chi connectivity index (χ3v) is 8.40. The first-order chi connectivity index (χ1) is 18.6. The van der Waals surface area contributed by atoms with Crippen LogP contribution in [0.5, 0.6) is 5.75 Å². The quantitative estimate of drug-likeness (QED) is 0.364. The first-order valence-electron chi connectivity index (χ1n) is 14.2. The van der Waals surface area contributed by atoms with Crippen molar-refractivity contribution in [3.8, 4) is 17.6 Å². The number of hydrogen-bond acceptors (Lipinski definition) is 3. The molecule has 1 aromatic heterocycles. The Hall–Kier alpha value is -3.52. The summed E-state index contributed by atoms with van der Waals surface area (Å²) < 4.78 is 5.45. The number of rotatable bonds is 6. The van der Waals surface area contributed by atoms with Crippen molar-refractivity contribution in [3.05, 3.63) is 77.1 Å². The first-order valence-corrected chi connectivity index (χ1v) is 14.2. The lowest BCUT2D eigenvalue weighted by molar-refractivity contribution is -0.123. The van der Waals surface area contributed by atoms with Gasteiger partial charge in [0.2, 0.25) is 5.91 Å². The molecule has 0 unspecified atom stereocenters. The number of ether oxygens (including phenoxy) is 1. The zero-order chi connectivity index (χ0) is 26.3. The predicted molar refractivity (Wildman–Crippen MR) is 152 cm³/mol. The van der Waals surface area contributed by atoms with Gasteiger partial charge in [0.1, 0.15) is 11.4 Å². The van der Waals surface area contributed by atoms with E-state index in [4.69, 9.17) is 4.74 Å². The number of aromatic nitrogens is 2. The number of amides is 1. The average Bonchev–Trinajstić information content (AvgIpc) is 3.49. The molecule has 0 radical (unpaired) electrons. The molecule has 2 aliphatic rings. The van der Waals surface area contributed by atoms with Crippen molar-refractivity contribution >= 4 is 11.6 Å². The van der Waals surface area contributed by atoms with Crippen molar-refractivity contribution in [2.24, 2.45) is 11.8 Å². The minimum absolute atomic E-state index is 0.141. The Morgan fingerprint density at radius 3 is 2.53 bits per heavy atom. The number of nitrogens with one attached hydrogen (secondary N) is 1. The predicted octanol–water partition coefficient (Wildman–Crippen LogP) is 7.01. The molecule has 0 bridgehead atoms. The molecular weight excluding hydrogens is 470 g/mol. The number of nitrogens with zero attached hydrogens (tertiary/aromatic N) is 2. The third kappa shape index (κ3) is 6.30. The second-order valence-electron chi connectivity index (χ2n) is 11.0. The van der Waals surface area contributed by atoms with Crippen molar-refractivity contribution in [3.63, 3.8) is 0 Å². The smallest absolute Gasteiger partial charge is 0.230 e. The normalized spacial score (nSPS) is 19.8. The fraction of sp³-hybridized carbons (Fsp3) is 0.455. The van der Waals surface area contributed by atoms with Gasteiger partial charge in [-0.15, -0.1) is 0 Å². The monoisotopic (exact) mass is 509 g/mol. The summed E-state index contributed by atoms with van der Waals surface area (Å²) >= 11 is 0. The van der Waals surface area contributed by atoms with E-state index in [1.54, 1.807) is 13.3 Å². The number of carbonyl (C=O) groups excluding carboxylic acids is 1. The molecular formula is C33H39N3O2. The molecule has 0 atom stereocenters. The van der Waals surface area contributed by atoms with Crippen molar-refractivity contribution in [2.45, 2.75) is 70.6 Å². The van der Waals surface area contributed by atoms with Crippen LogP contribution in [0.2, 0.25) is 0 Å². The highest BCUT2D eigenvalue weighted by atomic mass is 16.5. The molecule has 1 heterocycles. The lowest BCUT2D eigenvalue weighted by Gasteiger charge is -2.35. The van der Waals surface area contributed by atoms with E-state index in [2.05, 4.69) is 64.2 Å². The van der Waals surface area contributed by atoms with Gasteiger partial charge in [-0.05, 0) is 105 Å². The zero-order valence-corrected chi connectivity index (χ0v) is 22.7. The Morgan fingerprint density at radius 2 is 1.82 bits per heavy atom. The number of H-pyrrole nitrogens is 1.